The van der Waals surface area contributed by atoms with Crippen molar-refractivity contribution in [2.24, 2.45) is 0 Å². The van der Waals surface area contributed by atoms with Gasteiger partial charge in [-0.15, -0.1) is 0 Å². The molecule has 3 rings (SSSR count). The average molecular weight is 414 g/mol. The summed E-state index contributed by atoms with van der Waals surface area (Å²) >= 11 is 6.30. The van der Waals surface area contributed by atoms with Gasteiger partial charge in [0.2, 0.25) is 5.91 Å². The molecule has 27 heavy (non-hydrogen) atoms. The van der Waals surface area contributed by atoms with E-state index in [4.69, 9.17) is 11.6 Å². The summed E-state index contributed by atoms with van der Waals surface area (Å²) in [6, 6.07) is 3.72. The van der Waals surface area contributed by atoms with Gasteiger partial charge in [0.1, 0.15) is 0 Å². The second kappa shape index (κ2) is 8.07. The van der Waals surface area contributed by atoms with Gasteiger partial charge in [-0.05, 0) is 44.4 Å². The third kappa shape index (κ3) is 4.83. The Morgan fingerprint density at radius 3 is 2.44 bits per heavy atom. The maximum absolute atomic E-state index is 12.7. The van der Waals surface area contributed by atoms with Gasteiger partial charge in [-0.2, -0.15) is 0 Å². The molecule has 2 unspecified atom stereocenters. The van der Waals surface area contributed by atoms with Gasteiger partial charge in [0.25, 0.3) is 0 Å². The van der Waals surface area contributed by atoms with Gasteiger partial charge in [-0.25, -0.2) is 8.42 Å². The van der Waals surface area contributed by atoms with Crippen LogP contribution in [0.3, 0.4) is 0 Å². The first-order chi connectivity index (χ1) is 12.7. The molecule has 0 aliphatic carbocycles. The minimum Gasteiger partial charge on any atom is -0.323 e. The van der Waals surface area contributed by atoms with E-state index in [9.17, 15) is 13.2 Å². The van der Waals surface area contributed by atoms with Crippen LogP contribution in [-0.2, 0) is 14.6 Å². The molecular weight excluding hydrogens is 386 g/mol. The summed E-state index contributed by atoms with van der Waals surface area (Å²) in [5, 5.41) is 3.53. The van der Waals surface area contributed by atoms with Gasteiger partial charge in [0.15, 0.2) is 9.84 Å². The molecule has 6 nitrogen and oxygen atoms in total. The first-order valence-electron chi connectivity index (χ1n) is 9.42. The van der Waals surface area contributed by atoms with Gasteiger partial charge in [-0.3, -0.25) is 14.6 Å². The van der Waals surface area contributed by atoms with Crippen LogP contribution in [0.1, 0.15) is 24.5 Å². The molecule has 2 atom stereocenters. The summed E-state index contributed by atoms with van der Waals surface area (Å²) in [5.41, 5.74) is 2.69. The number of nitrogens with one attached hydrogen (secondary N) is 1. The van der Waals surface area contributed by atoms with Gasteiger partial charge in [0.05, 0.1) is 28.3 Å². The lowest BCUT2D eigenvalue weighted by Crippen LogP contribution is -2.55. The predicted octanol–water partition coefficient (Wildman–Crippen LogP) is 2.09. The van der Waals surface area contributed by atoms with E-state index in [1.54, 1.807) is 0 Å². The van der Waals surface area contributed by atoms with Crippen molar-refractivity contribution in [1.82, 2.24) is 9.80 Å². The highest BCUT2D eigenvalue weighted by atomic mass is 35.5. The third-order valence-corrected chi connectivity index (χ3v) is 7.73. The monoisotopic (exact) mass is 413 g/mol. The fourth-order valence-corrected chi connectivity index (χ4v) is 6.15. The van der Waals surface area contributed by atoms with Crippen LogP contribution in [0.25, 0.3) is 0 Å². The highest BCUT2D eigenvalue weighted by molar-refractivity contribution is 7.91. The number of carbonyl (C=O) groups excluding carboxylic acids is 1. The molecule has 0 aromatic heterocycles. The molecule has 1 N–H and O–H groups in total. The number of piperazine rings is 1. The summed E-state index contributed by atoms with van der Waals surface area (Å²) < 4.78 is 23.4. The third-order valence-electron chi connectivity index (χ3n) is 5.68. The Balaban J connectivity index is 1.56. The van der Waals surface area contributed by atoms with E-state index >= 15 is 0 Å². The van der Waals surface area contributed by atoms with Crippen LogP contribution in [0.2, 0.25) is 5.02 Å². The van der Waals surface area contributed by atoms with Crippen molar-refractivity contribution in [1.29, 1.82) is 0 Å². The Labute approximate surface area is 166 Å². The van der Waals surface area contributed by atoms with Crippen LogP contribution < -0.4 is 5.32 Å². The maximum Gasteiger partial charge on any atom is 0.241 e. The van der Waals surface area contributed by atoms with Gasteiger partial charge < -0.3 is 5.32 Å². The van der Waals surface area contributed by atoms with E-state index in [2.05, 4.69) is 15.1 Å². The topological polar surface area (TPSA) is 69.7 Å². The molecule has 2 aliphatic heterocycles. The summed E-state index contributed by atoms with van der Waals surface area (Å²) in [5.74, 6) is 0.502. The molecular formula is C19H28ClN3O3S. The second-order valence-corrected chi connectivity index (χ2v) is 10.4. The van der Waals surface area contributed by atoms with E-state index in [1.807, 2.05) is 32.9 Å². The molecule has 0 saturated carbocycles. The summed E-state index contributed by atoms with van der Waals surface area (Å²) in [4.78, 5) is 17.1. The number of anilines is 1. The summed E-state index contributed by atoms with van der Waals surface area (Å²) in [7, 11) is -2.87. The maximum atomic E-state index is 12.7. The number of benzene rings is 1. The minimum absolute atomic E-state index is 0.0688. The molecule has 2 aliphatic rings. The van der Waals surface area contributed by atoms with Crippen LogP contribution in [0, 0.1) is 13.8 Å². The average Bonchev–Trinajstić information content (AvgIpc) is 2.97. The highest BCUT2D eigenvalue weighted by Gasteiger charge is 2.35. The van der Waals surface area contributed by atoms with Crippen molar-refractivity contribution in [3.8, 4) is 0 Å². The van der Waals surface area contributed by atoms with Gasteiger partial charge in [-0.1, -0.05) is 17.7 Å². The van der Waals surface area contributed by atoms with Crippen LogP contribution in [-0.4, -0.2) is 73.9 Å². The number of amides is 1. The SMILES string of the molecule is Cc1cc(C)c(NC(=O)C(C)N2CCN(C3CCS(=O)(=O)C3)CC2)c(Cl)c1. The summed E-state index contributed by atoms with van der Waals surface area (Å²) in [6.45, 7) is 8.92. The number of carbonyl (C=O) groups is 1. The lowest BCUT2D eigenvalue weighted by atomic mass is 10.1. The molecule has 2 fully saturated rings. The first-order valence-corrected chi connectivity index (χ1v) is 11.6. The quantitative estimate of drug-likeness (QED) is 0.818. The molecule has 0 spiro atoms. The fourth-order valence-electron chi connectivity index (χ4n) is 4.02. The van der Waals surface area contributed by atoms with Crippen LogP contribution in [0.4, 0.5) is 5.69 Å². The summed E-state index contributed by atoms with van der Waals surface area (Å²) in [6.07, 6.45) is 0.726. The fraction of sp³-hybridized carbons (Fsp3) is 0.632. The highest BCUT2D eigenvalue weighted by Crippen LogP contribution is 2.28. The van der Waals surface area contributed by atoms with E-state index in [-0.39, 0.29) is 23.7 Å². The zero-order valence-electron chi connectivity index (χ0n) is 16.2. The van der Waals surface area contributed by atoms with Crippen LogP contribution >= 0.6 is 11.6 Å². The molecule has 8 heteroatoms. The second-order valence-electron chi connectivity index (χ2n) is 7.73. The van der Waals surface area contributed by atoms with Crippen molar-refractivity contribution in [3.05, 3.63) is 28.3 Å². The molecule has 0 radical (unpaired) electrons. The van der Waals surface area contributed by atoms with Crippen LogP contribution in [0.15, 0.2) is 12.1 Å². The van der Waals surface area contributed by atoms with E-state index in [1.165, 1.54) is 0 Å². The largest absolute Gasteiger partial charge is 0.323 e. The molecule has 150 valence electrons. The standard InChI is InChI=1S/C19H28ClN3O3S/c1-13-10-14(2)18(17(20)11-13)21-19(24)15(3)22-5-7-23(8-6-22)16-4-9-27(25,26)12-16/h10-11,15-16H,4-9,12H2,1-3H3,(H,21,24). The lowest BCUT2D eigenvalue weighted by Gasteiger charge is -2.39. The minimum atomic E-state index is -2.87. The number of sulfone groups is 1. The molecule has 2 saturated heterocycles. The number of hydrogen-bond acceptors (Lipinski definition) is 5. The Morgan fingerprint density at radius 2 is 1.89 bits per heavy atom. The van der Waals surface area contributed by atoms with Crippen molar-refractivity contribution in [2.45, 2.75) is 39.3 Å². The Bertz CT molecular complexity index is 796. The zero-order valence-corrected chi connectivity index (χ0v) is 17.7. The molecule has 1 aromatic carbocycles. The van der Waals surface area contributed by atoms with Gasteiger partial charge >= 0.3 is 0 Å². The number of aryl methyl sites for hydroxylation is 2. The Morgan fingerprint density at radius 1 is 1.22 bits per heavy atom. The van der Waals surface area contributed by atoms with Crippen LogP contribution in [0.5, 0.6) is 0 Å². The number of hydrogen-bond donors (Lipinski definition) is 1. The zero-order chi connectivity index (χ0) is 19.8. The first kappa shape index (κ1) is 20.6. The predicted molar refractivity (Wildman–Crippen MR) is 109 cm³/mol. The van der Waals surface area contributed by atoms with Crippen molar-refractivity contribution < 1.29 is 13.2 Å². The van der Waals surface area contributed by atoms with Gasteiger partial charge in [0, 0.05) is 32.2 Å². The smallest absolute Gasteiger partial charge is 0.241 e. The van der Waals surface area contributed by atoms with E-state index in [0.29, 0.717) is 16.5 Å². The van der Waals surface area contributed by atoms with E-state index in [0.717, 1.165) is 43.7 Å². The number of nitrogens with zero attached hydrogens (tertiary/aromatic N) is 2. The number of rotatable bonds is 4. The molecule has 0 bridgehead atoms. The molecule has 1 aromatic rings. The van der Waals surface area contributed by atoms with Crippen molar-refractivity contribution >= 4 is 33.0 Å². The Hall–Kier alpha value is -1.15. The molecule has 1 amide bonds. The lowest BCUT2D eigenvalue weighted by molar-refractivity contribution is -0.121. The van der Waals surface area contributed by atoms with Crippen molar-refractivity contribution in [2.75, 3.05) is 43.0 Å². The normalized spacial score (nSPS) is 24.7. The molecule has 2 heterocycles. The Kier molecular flexibility index (Phi) is 6.15. The van der Waals surface area contributed by atoms with E-state index < -0.39 is 9.84 Å². The van der Waals surface area contributed by atoms with Crippen molar-refractivity contribution in [3.63, 3.8) is 0 Å². The number of halogens is 1.